The van der Waals surface area contributed by atoms with Gasteiger partial charge in [0.05, 0.1) is 18.1 Å². The van der Waals surface area contributed by atoms with E-state index in [1.165, 1.54) is 7.11 Å². The van der Waals surface area contributed by atoms with Crippen molar-refractivity contribution in [2.45, 2.75) is 13.3 Å². The summed E-state index contributed by atoms with van der Waals surface area (Å²) in [7, 11) is 1.37. The average Bonchev–Trinajstić information content (AvgIpc) is 3.24. The first-order valence-corrected chi connectivity index (χ1v) is 11.6. The summed E-state index contributed by atoms with van der Waals surface area (Å²) in [5, 5.41) is 6.63. The lowest BCUT2D eigenvalue weighted by Crippen LogP contribution is -2.15. The summed E-state index contributed by atoms with van der Waals surface area (Å²) in [5.74, 6) is 2.65. The molecule has 0 spiro atoms. The minimum atomic E-state index is -0.367. The molecule has 0 saturated carbocycles. The average molecular weight is 462 g/mol. The van der Waals surface area contributed by atoms with Crippen LogP contribution in [0.4, 0.5) is 5.82 Å². The van der Waals surface area contributed by atoms with E-state index >= 15 is 0 Å². The normalized spacial score (nSPS) is 12.5. The Morgan fingerprint density at radius 1 is 1.09 bits per heavy atom. The molecule has 7 nitrogen and oxygen atoms in total. The number of carbonyl (C=O) groups excluding carboxylic acids is 1. The Balaban J connectivity index is 1.38. The number of ether oxygens (including phenoxy) is 3. The van der Waals surface area contributed by atoms with Crippen LogP contribution in [0.1, 0.15) is 21.5 Å². The highest BCUT2D eigenvalue weighted by atomic mass is 32.1. The number of esters is 1. The van der Waals surface area contributed by atoms with Crippen LogP contribution in [0.2, 0.25) is 0 Å². The number of hydrogen-bond donors (Lipinski definition) is 1. The molecule has 0 bridgehead atoms. The van der Waals surface area contributed by atoms with Crippen molar-refractivity contribution in [1.29, 1.82) is 0 Å². The molecule has 0 amide bonds. The molecular formula is C25H23N3O4S. The number of nitrogens with one attached hydrogen (secondary N) is 1. The van der Waals surface area contributed by atoms with Crippen LogP contribution >= 0.6 is 11.3 Å². The predicted octanol–water partition coefficient (Wildman–Crippen LogP) is 4.88. The van der Waals surface area contributed by atoms with Crippen LogP contribution in [0, 0.1) is 6.92 Å². The minimum Gasteiger partial charge on any atom is -0.486 e. The van der Waals surface area contributed by atoms with Gasteiger partial charge in [0, 0.05) is 12.1 Å². The molecule has 33 heavy (non-hydrogen) atoms. The van der Waals surface area contributed by atoms with Crippen molar-refractivity contribution in [2.75, 3.05) is 32.2 Å². The summed E-state index contributed by atoms with van der Waals surface area (Å²) in [4.78, 5) is 22.2. The van der Waals surface area contributed by atoms with Crippen molar-refractivity contribution >= 4 is 33.3 Å². The second kappa shape index (κ2) is 9.07. The molecule has 0 saturated heterocycles. The maximum atomic E-state index is 11.7. The SMILES string of the molecule is COC(=O)c1ccc(-c2nc(NCCc3ccc4c(c3)OCCO4)c3c(C)csc3n2)cc1. The topological polar surface area (TPSA) is 82.6 Å². The largest absolute Gasteiger partial charge is 0.486 e. The van der Waals surface area contributed by atoms with Gasteiger partial charge in [-0.25, -0.2) is 14.8 Å². The third-order valence-electron chi connectivity index (χ3n) is 5.49. The molecule has 2 aromatic carbocycles. The number of aromatic nitrogens is 2. The van der Waals surface area contributed by atoms with Crippen molar-refractivity contribution < 1.29 is 19.0 Å². The van der Waals surface area contributed by atoms with E-state index in [-0.39, 0.29) is 5.97 Å². The van der Waals surface area contributed by atoms with Gasteiger partial charge >= 0.3 is 5.97 Å². The molecule has 0 fully saturated rings. The molecule has 2 aromatic heterocycles. The minimum absolute atomic E-state index is 0.367. The Bertz CT molecular complexity index is 1320. The first-order valence-electron chi connectivity index (χ1n) is 10.7. The molecule has 1 N–H and O–H groups in total. The number of aryl methyl sites for hydroxylation is 1. The quantitative estimate of drug-likeness (QED) is 0.410. The van der Waals surface area contributed by atoms with E-state index in [4.69, 9.17) is 24.2 Å². The number of thiophene rings is 1. The Labute approximate surface area is 195 Å². The Kier molecular flexibility index (Phi) is 5.83. The molecular weight excluding hydrogens is 438 g/mol. The second-order valence-corrected chi connectivity index (χ2v) is 8.58. The van der Waals surface area contributed by atoms with Crippen LogP contribution in [0.15, 0.2) is 47.8 Å². The number of anilines is 1. The smallest absolute Gasteiger partial charge is 0.337 e. The zero-order valence-electron chi connectivity index (χ0n) is 18.4. The van der Waals surface area contributed by atoms with Crippen LogP contribution in [0.3, 0.4) is 0 Å². The summed E-state index contributed by atoms with van der Waals surface area (Å²) in [6, 6.07) is 13.2. The van der Waals surface area contributed by atoms with Gasteiger partial charge in [-0.1, -0.05) is 18.2 Å². The number of rotatable bonds is 6. The highest BCUT2D eigenvalue weighted by molar-refractivity contribution is 7.17. The molecule has 1 aliphatic rings. The van der Waals surface area contributed by atoms with E-state index < -0.39 is 0 Å². The summed E-state index contributed by atoms with van der Waals surface area (Å²) < 4.78 is 16.1. The van der Waals surface area contributed by atoms with Crippen molar-refractivity contribution in [3.05, 3.63) is 64.5 Å². The zero-order chi connectivity index (χ0) is 22.8. The fraction of sp³-hybridized carbons (Fsp3) is 0.240. The summed E-state index contributed by atoms with van der Waals surface area (Å²) in [6.45, 7) is 3.95. The second-order valence-electron chi connectivity index (χ2n) is 7.72. The van der Waals surface area contributed by atoms with Crippen molar-refractivity contribution in [3.63, 3.8) is 0 Å². The van der Waals surface area contributed by atoms with Gasteiger partial charge in [-0.2, -0.15) is 0 Å². The lowest BCUT2D eigenvalue weighted by Gasteiger charge is -2.19. The molecule has 4 aromatic rings. The number of fused-ring (bicyclic) bond motifs is 2. The van der Waals surface area contributed by atoms with Gasteiger partial charge < -0.3 is 19.5 Å². The summed E-state index contributed by atoms with van der Waals surface area (Å²) >= 11 is 1.60. The maximum Gasteiger partial charge on any atom is 0.337 e. The Morgan fingerprint density at radius 2 is 1.88 bits per heavy atom. The fourth-order valence-electron chi connectivity index (χ4n) is 3.78. The van der Waals surface area contributed by atoms with Crippen LogP contribution < -0.4 is 14.8 Å². The monoisotopic (exact) mass is 461 g/mol. The van der Waals surface area contributed by atoms with E-state index in [0.29, 0.717) is 31.1 Å². The van der Waals surface area contributed by atoms with Crippen LogP contribution in [-0.2, 0) is 11.2 Å². The third-order valence-corrected chi connectivity index (χ3v) is 6.48. The number of methoxy groups -OCH3 is 1. The Morgan fingerprint density at radius 3 is 2.67 bits per heavy atom. The predicted molar refractivity (Wildman–Crippen MR) is 129 cm³/mol. The van der Waals surface area contributed by atoms with Crippen LogP contribution in [0.25, 0.3) is 21.6 Å². The van der Waals surface area contributed by atoms with E-state index in [9.17, 15) is 4.79 Å². The molecule has 8 heteroatoms. The zero-order valence-corrected chi connectivity index (χ0v) is 19.2. The van der Waals surface area contributed by atoms with Crippen LogP contribution in [0.5, 0.6) is 11.5 Å². The molecule has 0 radical (unpaired) electrons. The summed E-state index contributed by atoms with van der Waals surface area (Å²) in [6.07, 6.45) is 0.814. The van der Waals surface area contributed by atoms with Gasteiger partial charge in [0.2, 0.25) is 0 Å². The maximum absolute atomic E-state index is 11.7. The molecule has 5 rings (SSSR count). The number of nitrogens with zero attached hydrogens (tertiary/aromatic N) is 2. The third kappa shape index (κ3) is 4.34. The van der Waals surface area contributed by atoms with Gasteiger partial charge in [-0.15, -0.1) is 11.3 Å². The summed E-state index contributed by atoms with van der Waals surface area (Å²) in [5.41, 5.74) is 3.64. The molecule has 0 aliphatic carbocycles. The van der Waals surface area contributed by atoms with Crippen molar-refractivity contribution in [2.24, 2.45) is 0 Å². The van der Waals surface area contributed by atoms with Crippen molar-refractivity contribution in [3.8, 4) is 22.9 Å². The fourth-order valence-corrected chi connectivity index (χ4v) is 4.70. The molecule has 1 aliphatic heterocycles. The first kappa shape index (κ1) is 21.2. The lowest BCUT2D eigenvalue weighted by atomic mass is 10.1. The molecule has 0 unspecified atom stereocenters. The van der Waals surface area contributed by atoms with Gasteiger partial charge in [-0.05, 0) is 54.1 Å². The highest BCUT2D eigenvalue weighted by Gasteiger charge is 2.15. The molecule has 3 heterocycles. The van der Waals surface area contributed by atoms with E-state index in [2.05, 4.69) is 23.7 Å². The molecule has 0 atom stereocenters. The number of carbonyl (C=O) groups is 1. The standard InChI is InChI=1S/C25H23N3O4S/c1-15-14-33-24-21(15)23(26-10-9-16-3-8-19-20(13-16)32-12-11-31-19)27-22(28-24)17-4-6-18(7-5-17)25(29)30-2/h3-8,13-14H,9-12H2,1-2H3,(H,26,27,28). The van der Waals surface area contributed by atoms with Gasteiger partial charge in [0.25, 0.3) is 0 Å². The number of hydrogen-bond acceptors (Lipinski definition) is 8. The van der Waals surface area contributed by atoms with E-state index in [0.717, 1.165) is 50.6 Å². The van der Waals surface area contributed by atoms with Gasteiger partial charge in [0.15, 0.2) is 17.3 Å². The lowest BCUT2D eigenvalue weighted by molar-refractivity contribution is 0.0600. The van der Waals surface area contributed by atoms with Crippen molar-refractivity contribution in [1.82, 2.24) is 9.97 Å². The van der Waals surface area contributed by atoms with E-state index in [1.807, 2.05) is 24.3 Å². The van der Waals surface area contributed by atoms with Gasteiger partial charge in [0.1, 0.15) is 23.9 Å². The Hall–Kier alpha value is -3.65. The number of benzene rings is 2. The van der Waals surface area contributed by atoms with Crippen LogP contribution in [-0.4, -0.2) is 42.8 Å². The van der Waals surface area contributed by atoms with Gasteiger partial charge in [-0.3, -0.25) is 0 Å². The highest BCUT2D eigenvalue weighted by Crippen LogP contribution is 2.33. The molecule has 168 valence electrons. The first-order chi connectivity index (χ1) is 16.1. The van der Waals surface area contributed by atoms with E-state index in [1.54, 1.807) is 23.5 Å².